The third kappa shape index (κ3) is 4.91. The molecular weight excluding hydrogens is 378 g/mol. The van der Waals surface area contributed by atoms with Gasteiger partial charge in [0.1, 0.15) is 11.7 Å². The van der Waals surface area contributed by atoms with E-state index in [1.54, 1.807) is 0 Å². The fraction of sp³-hybridized carbons (Fsp3) is 0.211. The molecule has 0 aliphatic heterocycles. The fourth-order valence-electron chi connectivity index (χ4n) is 2.85. The number of nitrogens with one attached hydrogen (secondary N) is 2. The molecule has 2 N–H and O–H groups in total. The SMILES string of the molecule is CCC(CN=[N+]=NC(=O)c1ccc(N[SH](=O)=O)cc1)c1ccc2[nH]ccc2c1. The van der Waals surface area contributed by atoms with Crippen molar-refractivity contribution in [3.8, 4) is 0 Å². The van der Waals surface area contributed by atoms with Crippen LogP contribution >= 0.6 is 0 Å². The lowest BCUT2D eigenvalue weighted by Crippen LogP contribution is -2.02. The highest BCUT2D eigenvalue weighted by Crippen LogP contribution is 2.23. The van der Waals surface area contributed by atoms with E-state index in [9.17, 15) is 13.2 Å². The highest BCUT2D eigenvalue weighted by atomic mass is 32.2. The summed E-state index contributed by atoms with van der Waals surface area (Å²) < 4.78 is 23.4. The minimum absolute atomic E-state index is 0.188. The van der Waals surface area contributed by atoms with Crippen LogP contribution in [0.5, 0.6) is 0 Å². The molecule has 1 heterocycles. The van der Waals surface area contributed by atoms with Crippen LogP contribution in [0.25, 0.3) is 10.9 Å². The zero-order valence-electron chi connectivity index (χ0n) is 15.2. The van der Waals surface area contributed by atoms with Gasteiger partial charge in [-0.15, -0.1) is 0 Å². The summed E-state index contributed by atoms with van der Waals surface area (Å²) in [6.07, 6.45) is 2.79. The third-order valence-electron chi connectivity index (χ3n) is 4.39. The van der Waals surface area contributed by atoms with Crippen LogP contribution in [-0.4, -0.2) is 25.9 Å². The van der Waals surface area contributed by atoms with Crippen molar-refractivity contribution < 1.29 is 13.2 Å². The van der Waals surface area contributed by atoms with Crippen LogP contribution in [-0.2, 0) is 10.9 Å². The van der Waals surface area contributed by atoms with Crippen molar-refractivity contribution in [2.24, 2.45) is 10.2 Å². The summed E-state index contributed by atoms with van der Waals surface area (Å²) in [4.78, 5) is 18.8. The fourth-order valence-corrected chi connectivity index (χ4v) is 3.21. The van der Waals surface area contributed by atoms with Crippen LogP contribution < -0.4 is 9.63 Å². The number of hydrogen-bond acceptors (Lipinski definition) is 4. The molecule has 2 aromatic carbocycles. The van der Waals surface area contributed by atoms with Gasteiger partial charge in [-0.05, 0) is 59.8 Å². The molecule has 0 fully saturated rings. The van der Waals surface area contributed by atoms with Crippen LogP contribution in [0.2, 0.25) is 0 Å². The number of nitrogens with zero attached hydrogens (tertiary/aromatic N) is 3. The molecule has 3 rings (SSSR count). The highest BCUT2D eigenvalue weighted by Gasteiger charge is 2.13. The Balaban J connectivity index is 1.64. The van der Waals surface area contributed by atoms with Crippen LogP contribution in [0.1, 0.15) is 35.2 Å². The van der Waals surface area contributed by atoms with E-state index in [1.807, 2.05) is 18.3 Å². The zero-order valence-corrected chi connectivity index (χ0v) is 16.1. The number of aromatic nitrogens is 1. The maximum atomic E-state index is 12.0. The molecule has 1 unspecified atom stereocenters. The minimum Gasteiger partial charge on any atom is -0.361 e. The predicted molar refractivity (Wildman–Crippen MR) is 108 cm³/mol. The number of anilines is 1. The van der Waals surface area contributed by atoms with E-state index in [1.165, 1.54) is 29.8 Å². The van der Waals surface area contributed by atoms with Gasteiger partial charge in [0.25, 0.3) is 0 Å². The Bertz CT molecular complexity index is 1100. The van der Waals surface area contributed by atoms with Crippen LogP contribution in [0, 0.1) is 0 Å². The molecule has 0 bridgehead atoms. The topological polar surface area (TPSA) is 118 Å². The normalized spacial score (nSPS) is 11.8. The number of hydrogen-bond donors (Lipinski definition) is 3. The van der Waals surface area contributed by atoms with Gasteiger partial charge in [0.15, 0.2) is 0 Å². The lowest BCUT2D eigenvalue weighted by atomic mass is 9.96. The van der Waals surface area contributed by atoms with Gasteiger partial charge in [-0.25, -0.2) is 8.42 Å². The molecule has 0 spiro atoms. The van der Waals surface area contributed by atoms with E-state index >= 15 is 0 Å². The van der Waals surface area contributed by atoms with Gasteiger partial charge in [0.2, 0.25) is 20.9 Å². The number of benzene rings is 2. The number of carbonyl (C=O) groups excluding carboxylic acids is 1. The van der Waals surface area contributed by atoms with E-state index in [4.69, 9.17) is 0 Å². The van der Waals surface area contributed by atoms with Crippen LogP contribution in [0.15, 0.2) is 65.0 Å². The smallest absolute Gasteiger partial charge is 0.360 e. The summed E-state index contributed by atoms with van der Waals surface area (Å²) in [6, 6.07) is 14.2. The van der Waals surface area contributed by atoms with E-state index in [2.05, 4.69) is 43.9 Å². The molecule has 0 aliphatic carbocycles. The van der Waals surface area contributed by atoms with Gasteiger partial charge in [-0.2, -0.15) is 0 Å². The summed E-state index contributed by atoms with van der Waals surface area (Å²) in [7, 11) is -2.74. The second kappa shape index (κ2) is 9.07. The standard InChI is InChI=1S/C19H19N5O3S/c1-2-13(15-5-8-18-16(11-15)9-10-20-18)12-21-24-22-19(25)14-3-6-17(7-4-14)23-28(26)27/h3-11,13,20,28H,2,12H2,1H3/p+1. The lowest BCUT2D eigenvalue weighted by Gasteiger charge is -2.09. The minimum atomic E-state index is -2.74. The molecule has 1 aromatic heterocycles. The molecule has 3 aromatic rings. The number of H-pyrrole nitrogens is 1. The molecule has 8 nitrogen and oxygen atoms in total. The molecule has 28 heavy (non-hydrogen) atoms. The lowest BCUT2D eigenvalue weighted by molar-refractivity contribution is 0.0992. The first-order valence-corrected chi connectivity index (χ1v) is 9.94. The Hall–Kier alpha value is -3.29. The number of amides is 1. The Kier molecular flexibility index (Phi) is 6.31. The van der Waals surface area contributed by atoms with Gasteiger partial charge in [0, 0.05) is 28.9 Å². The summed E-state index contributed by atoms with van der Waals surface area (Å²) in [5.41, 5.74) is 2.93. The molecule has 0 radical (unpaired) electrons. The molecule has 0 saturated heterocycles. The van der Waals surface area contributed by atoms with E-state index in [0.717, 1.165) is 17.3 Å². The maximum Gasteiger partial charge on any atom is 0.360 e. The van der Waals surface area contributed by atoms with Crippen molar-refractivity contribution in [2.45, 2.75) is 19.3 Å². The van der Waals surface area contributed by atoms with Crippen molar-refractivity contribution >= 4 is 33.4 Å². The van der Waals surface area contributed by atoms with Crippen molar-refractivity contribution in [3.05, 3.63) is 65.9 Å². The summed E-state index contributed by atoms with van der Waals surface area (Å²) in [5, 5.41) is 8.79. The Morgan fingerprint density at radius 3 is 2.68 bits per heavy atom. The van der Waals surface area contributed by atoms with Crippen LogP contribution in [0.4, 0.5) is 5.69 Å². The molecule has 0 aliphatic rings. The molecule has 1 amide bonds. The number of fused-ring (bicyclic) bond motifs is 1. The number of aromatic amines is 1. The Morgan fingerprint density at radius 2 is 1.96 bits per heavy atom. The Labute approximate surface area is 163 Å². The number of rotatable bonds is 7. The summed E-state index contributed by atoms with van der Waals surface area (Å²) >= 11 is 0. The van der Waals surface area contributed by atoms with Gasteiger partial charge in [-0.3, -0.25) is 9.52 Å². The predicted octanol–water partition coefficient (Wildman–Crippen LogP) is 3.41. The monoisotopic (exact) mass is 398 g/mol. The highest BCUT2D eigenvalue weighted by molar-refractivity contribution is 7.73. The molecular formula is C19H20N5O3S+. The first-order chi connectivity index (χ1) is 13.6. The zero-order chi connectivity index (χ0) is 19.9. The average Bonchev–Trinajstić information content (AvgIpc) is 3.16. The molecule has 144 valence electrons. The van der Waals surface area contributed by atoms with Crippen molar-refractivity contribution in [3.63, 3.8) is 0 Å². The number of thiol groups is 1. The third-order valence-corrected chi connectivity index (χ3v) is 4.84. The van der Waals surface area contributed by atoms with Crippen molar-refractivity contribution in [1.29, 1.82) is 0 Å². The van der Waals surface area contributed by atoms with Crippen molar-refractivity contribution in [2.75, 3.05) is 11.3 Å². The van der Waals surface area contributed by atoms with Gasteiger partial charge in [-0.1, -0.05) is 13.0 Å². The quantitative estimate of drug-likeness (QED) is 0.321. The maximum absolute atomic E-state index is 12.0. The largest absolute Gasteiger partial charge is 0.361 e. The van der Waals surface area contributed by atoms with E-state index in [-0.39, 0.29) is 5.92 Å². The average molecular weight is 398 g/mol. The van der Waals surface area contributed by atoms with E-state index in [0.29, 0.717) is 17.8 Å². The molecule has 1 atom stereocenters. The van der Waals surface area contributed by atoms with Gasteiger partial charge >= 0.3 is 5.91 Å². The second-order valence-electron chi connectivity index (χ2n) is 6.19. The summed E-state index contributed by atoms with van der Waals surface area (Å²) in [6.45, 7) is 2.51. The second-order valence-corrected chi connectivity index (χ2v) is 6.93. The van der Waals surface area contributed by atoms with Gasteiger partial charge < -0.3 is 4.98 Å². The molecule has 0 saturated carbocycles. The first kappa shape index (κ1) is 19.5. The van der Waals surface area contributed by atoms with Crippen LogP contribution in [0.3, 0.4) is 0 Å². The Morgan fingerprint density at radius 1 is 1.18 bits per heavy atom. The number of carbonyl (C=O) groups is 1. The first-order valence-electron chi connectivity index (χ1n) is 8.77. The molecule has 9 heteroatoms. The summed E-state index contributed by atoms with van der Waals surface area (Å²) in [5.74, 6) is -0.351. The van der Waals surface area contributed by atoms with Gasteiger partial charge in [0.05, 0.1) is 0 Å². The van der Waals surface area contributed by atoms with Crippen molar-refractivity contribution in [1.82, 2.24) is 9.90 Å². The van der Waals surface area contributed by atoms with E-state index < -0.39 is 16.8 Å².